The minimum Gasteiger partial charge on any atom is -0.502 e. The van der Waals surface area contributed by atoms with E-state index in [1.165, 1.54) is 38.5 Å². The summed E-state index contributed by atoms with van der Waals surface area (Å²) in [4.78, 5) is 29.5. The van der Waals surface area contributed by atoms with Crippen molar-refractivity contribution in [3.63, 3.8) is 0 Å². The lowest BCUT2D eigenvalue weighted by molar-refractivity contribution is -0.385. The molecule has 0 unspecified atom stereocenters. The average Bonchev–Trinajstić information content (AvgIpc) is 2.68. The summed E-state index contributed by atoms with van der Waals surface area (Å²) in [6.45, 7) is 0. The first-order valence-corrected chi connectivity index (χ1v) is 8.23. The smallest absolute Gasteiger partial charge is 0.311 e. The Kier molecular flexibility index (Phi) is 5.18. The van der Waals surface area contributed by atoms with Crippen LogP contribution in [0.15, 0.2) is 35.1 Å². The molecule has 0 radical (unpaired) electrons. The lowest BCUT2D eigenvalue weighted by atomic mass is 10.1. The SMILES string of the molecule is COc1cc2nc(C(Cl)=Cc3ccc(O)c([N+](=O)[O-])c3)[nH]c(=O)c2cc1OC. The van der Waals surface area contributed by atoms with Gasteiger partial charge in [-0.15, -0.1) is 0 Å². The van der Waals surface area contributed by atoms with Crippen LogP contribution in [-0.4, -0.2) is 34.2 Å². The largest absolute Gasteiger partial charge is 0.502 e. The number of nitrogens with zero attached hydrogens (tertiary/aromatic N) is 2. The summed E-state index contributed by atoms with van der Waals surface area (Å²) in [5, 5.41) is 20.8. The van der Waals surface area contributed by atoms with Gasteiger partial charge in [0.15, 0.2) is 23.1 Å². The summed E-state index contributed by atoms with van der Waals surface area (Å²) in [6.07, 6.45) is 1.39. The molecule has 0 amide bonds. The van der Waals surface area contributed by atoms with Crippen molar-refractivity contribution in [3.8, 4) is 17.2 Å². The van der Waals surface area contributed by atoms with Gasteiger partial charge in [0, 0.05) is 12.1 Å². The zero-order chi connectivity index (χ0) is 20.4. The van der Waals surface area contributed by atoms with Crippen LogP contribution in [0, 0.1) is 10.1 Å². The molecule has 0 saturated heterocycles. The first kappa shape index (κ1) is 19.2. The molecule has 0 atom stereocenters. The summed E-state index contributed by atoms with van der Waals surface area (Å²) >= 11 is 6.26. The zero-order valence-corrected chi connectivity index (χ0v) is 15.5. The van der Waals surface area contributed by atoms with Crippen LogP contribution in [0.1, 0.15) is 11.4 Å². The number of aromatic hydroxyl groups is 1. The number of fused-ring (bicyclic) bond motifs is 1. The molecule has 28 heavy (non-hydrogen) atoms. The molecule has 9 nitrogen and oxygen atoms in total. The van der Waals surface area contributed by atoms with E-state index in [1.807, 2.05) is 0 Å². The van der Waals surface area contributed by atoms with Gasteiger partial charge < -0.3 is 19.6 Å². The predicted octanol–water partition coefficient (Wildman–Crippen LogP) is 3.29. The molecule has 3 rings (SSSR count). The van der Waals surface area contributed by atoms with Crippen LogP contribution in [0.25, 0.3) is 22.0 Å². The maximum absolute atomic E-state index is 12.4. The van der Waals surface area contributed by atoms with Gasteiger partial charge in [-0.1, -0.05) is 17.7 Å². The number of nitro groups is 1. The fourth-order valence-electron chi connectivity index (χ4n) is 2.57. The van der Waals surface area contributed by atoms with Crippen molar-refractivity contribution in [2.45, 2.75) is 0 Å². The fraction of sp³-hybridized carbons (Fsp3) is 0.111. The van der Waals surface area contributed by atoms with Crippen LogP contribution >= 0.6 is 11.6 Å². The molecule has 1 heterocycles. The number of aromatic nitrogens is 2. The summed E-state index contributed by atoms with van der Waals surface area (Å²) < 4.78 is 10.4. The van der Waals surface area contributed by atoms with E-state index in [0.29, 0.717) is 22.6 Å². The Morgan fingerprint density at radius 2 is 1.93 bits per heavy atom. The van der Waals surface area contributed by atoms with Crippen molar-refractivity contribution in [1.82, 2.24) is 9.97 Å². The highest BCUT2D eigenvalue weighted by atomic mass is 35.5. The number of benzene rings is 2. The highest BCUT2D eigenvalue weighted by molar-refractivity contribution is 6.50. The number of H-pyrrole nitrogens is 1. The quantitative estimate of drug-likeness (QED) is 0.494. The fourth-order valence-corrected chi connectivity index (χ4v) is 2.79. The summed E-state index contributed by atoms with van der Waals surface area (Å²) in [6, 6.07) is 6.83. The summed E-state index contributed by atoms with van der Waals surface area (Å²) in [5.41, 5.74) is -0.219. The van der Waals surface area contributed by atoms with Gasteiger partial charge in [-0.25, -0.2) is 4.98 Å². The van der Waals surface area contributed by atoms with Gasteiger partial charge in [0.05, 0.1) is 35.1 Å². The molecule has 0 fully saturated rings. The number of hydrogen-bond acceptors (Lipinski definition) is 7. The molecule has 0 aliphatic carbocycles. The molecule has 0 aliphatic rings. The van der Waals surface area contributed by atoms with Crippen molar-refractivity contribution in [3.05, 3.63) is 62.2 Å². The van der Waals surface area contributed by atoms with Crippen molar-refractivity contribution >= 4 is 39.3 Å². The number of rotatable bonds is 5. The van der Waals surface area contributed by atoms with Crippen LogP contribution in [0.2, 0.25) is 0 Å². The Balaban J connectivity index is 2.10. The van der Waals surface area contributed by atoms with Crippen molar-refractivity contribution in [2.24, 2.45) is 0 Å². The third-order valence-corrected chi connectivity index (χ3v) is 4.21. The van der Waals surface area contributed by atoms with Gasteiger partial charge in [0.1, 0.15) is 0 Å². The van der Waals surface area contributed by atoms with Gasteiger partial charge >= 0.3 is 5.69 Å². The van der Waals surface area contributed by atoms with E-state index in [9.17, 15) is 20.0 Å². The van der Waals surface area contributed by atoms with Crippen molar-refractivity contribution in [2.75, 3.05) is 14.2 Å². The summed E-state index contributed by atoms with van der Waals surface area (Å²) in [7, 11) is 2.92. The van der Waals surface area contributed by atoms with Crippen LogP contribution < -0.4 is 15.0 Å². The normalized spacial score (nSPS) is 11.5. The standard InChI is InChI=1S/C18H14ClN3O6/c1-27-15-7-10-12(8-16(15)28-2)20-17(21-18(10)24)11(19)5-9-3-4-14(23)13(6-9)22(25)26/h3-8,23H,1-2H3,(H,20,21,24). The molecule has 0 aliphatic heterocycles. The Bertz CT molecular complexity index is 1170. The molecule has 2 N–H and O–H groups in total. The third kappa shape index (κ3) is 3.60. The van der Waals surface area contributed by atoms with Gasteiger partial charge in [0.2, 0.25) is 0 Å². The van der Waals surface area contributed by atoms with Crippen molar-refractivity contribution < 1.29 is 19.5 Å². The van der Waals surface area contributed by atoms with Crippen LogP contribution in [0.3, 0.4) is 0 Å². The maximum atomic E-state index is 12.4. The molecule has 1 aromatic heterocycles. The Hall–Kier alpha value is -3.59. The number of hydrogen-bond donors (Lipinski definition) is 2. The van der Waals surface area contributed by atoms with Gasteiger partial charge in [-0.3, -0.25) is 14.9 Å². The summed E-state index contributed by atoms with van der Waals surface area (Å²) in [5.74, 6) is 0.389. The van der Waals surface area contributed by atoms with Crippen molar-refractivity contribution in [1.29, 1.82) is 0 Å². The number of phenols is 1. The Morgan fingerprint density at radius 1 is 1.25 bits per heavy atom. The van der Waals surface area contributed by atoms with E-state index in [1.54, 1.807) is 6.07 Å². The molecule has 0 saturated carbocycles. The predicted molar refractivity (Wildman–Crippen MR) is 104 cm³/mol. The molecule has 0 spiro atoms. The van der Waals surface area contributed by atoms with E-state index < -0.39 is 21.9 Å². The Labute approximate surface area is 163 Å². The van der Waals surface area contributed by atoms with E-state index in [-0.39, 0.29) is 16.2 Å². The highest BCUT2D eigenvalue weighted by Crippen LogP contribution is 2.31. The lowest BCUT2D eigenvalue weighted by Gasteiger charge is -2.09. The topological polar surface area (TPSA) is 128 Å². The number of ether oxygens (including phenoxy) is 2. The van der Waals surface area contributed by atoms with Crippen LogP contribution in [0.5, 0.6) is 17.2 Å². The number of halogens is 1. The minimum atomic E-state index is -0.712. The first-order chi connectivity index (χ1) is 13.3. The number of nitrogens with one attached hydrogen (secondary N) is 1. The van der Waals surface area contributed by atoms with E-state index >= 15 is 0 Å². The molecule has 10 heteroatoms. The molecule has 2 aromatic carbocycles. The number of nitro benzene ring substituents is 1. The second kappa shape index (κ2) is 7.57. The van der Waals surface area contributed by atoms with Crippen LogP contribution in [-0.2, 0) is 0 Å². The zero-order valence-electron chi connectivity index (χ0n) is 14.7. The van der Waals surface area contributed by atoms with Crippen LogP contribution in [0.4, 0.5) is 5.69 Å². The molecular weight excluding hydrogens is 390 g/mol. The Morgan fingerprint density at radius 3 is 2.57 bits per heavy atom. The lowest BCUT2D eigenvalue weighted by Crippen LogP contribution is -2.11. The van der Waals surface area contributed by atoms with E-state index in [2.05, 4.69) is 9.97 Å². The first-order valence-electron chi connectivity index (χ1n) is 7.85. The average molecular weight is 404 g/mol. The second-order valence-corrected chi connectivity index (χ2v) is 6.04. The number of phenolic OH excluding ortho intramolecular Hbond substituents is 1. The minimum absolute atomic E-state index is 0.0498. The maximum Gasteiger partial charge on any atom is 0.311 e. The number of aromatic amines is 1. The monoisotopic (exact) mass is 403 g/mol. The highest BCUT2D eigenvalue weighted by Gasteiger charge is 2.15. The van der Waals surface area contributed by atoms with E-state index in [0.717, 1.165) is 6.07 Å². The third-order valence-electron chi connectivity index (χ3n) is 3.93. The van der Waals surface area contributed by atoms with Gasteiger partial charge in [-0.05, 0) is 23.8 Å². The molecule has 144 valence electrons. The molecular formula is C18H14ClN3O6. The molecule has 0 bridgehead atoms. The van der Waals surface area contributed by atoms with Gasteiger partial charge in [-0.2, -0.15) is 0 Å². The van der Waals surface area contributed by atoms with Gasteiger partial charge in [0.25, 0.3) is 5.56 Å². The molecule has 3 aromatic rings. The van der Waals surface area contributed by atoms with E-state index in [4.69, 9.17) is 21.1 Å². The number of methoxy groups -OCH3 is 2. The second-order valence-electron chi connectivity index (χ2n) is 5.64.